The van der Waals surface area contributed by atoms with Gasteiger partial charge in [0.2, 0.25) is 9.90 Å². The zero-order chi connectivity index (χ0) is 30.8. The third-order valence-electron chi connectivity index (χ3n) is 8.46. The van der Waals surface area contributed by atoms with E-state index < -0.39 is 0 Å². The van der Waals surface area contributed by atoms with Gasteiger partial charge in [-0.3, -0.25) is 0 Å². The summed E-state index contributed by atoms with van der Waals surface area (Å²) >= 11 is 7.81. The van der Waals surface area contributed by atoms with Crippen molar-refractivity contribution in [3.8, 4) is 0 Å². The van der Waals surface area contributed by atoms with E-state index in [1.54, 1.807) is 0 Å². The first-order chi connectivity index (χ1) is 21.1. The van der Waals surface area contributed by atoms with Crippen LogP contribution < -0.4 is 19.8 Å². The molecule has 0 bridgehead atoms. The fourth-order valence-electron chi connectivity index (χ4n) is 5.57. The first-order valence-corrected chi connectivity index (χ1v) is 19.7. The Labute approximate surface area is 282 Å². The van der Waals surface area contributed by atoms with Gasteiger partial charge in [-0.25, -0.2) is 0 Å². The van der Waals surface area contributed by atoms with Crippen LogP contribution in [-0.2, 0) is 0 Å². The largest absolute Gasteiger partial charge is 0.385 e. The monoisotopic (exact) mass is 722 g/mol. The van der Waals surface area contributed by atoms with Crippen molar-refractivity contribution in [1.29, 1.82) is 0 Å². The fourth-order valence-corrected chi connectivity index (χ4v) is 6.76. The minimum absolute atomic E-state index is 0.356. The Kier molecular flexibility index (Phi) is 23.1. The number of rotatable bonds is 28. The number of hydrogen-bond donors (Lipinski definition) is 2. The SMILES string of the molecule is CCCCCCCCCCNc1cc[n+](C(Br)CCCCCC(Br)[n+]2ccc(NCCCCCCCCCC)cc2)cc1. The molecule has 0 aromatic carbocycles. The van der Waals surface area contributed by atoms with E-state index >= 15 is 0 Å². The van der Waals surface area contributed by atoms with Crippen LogP contribution in [0.15, 0.2) is 49.1 Å². The maximum atomic E-state index is 3.90. The summed E-state index contributed by atoms with van der Waals surface area (Å²) in [5.41, 5.74) is 2.46. The number of nitrogens with one attached hydrogen (secondary N) is 2. The number of unbranched alkanes of at least 4 members (excludes halogenated alkanes) is 16. The van der Waals surface area contributed by atoms with Gasteiger partial charge in [-0.2, -0.15) is 9.13 Å². The third kappa shape index (κ3) is 19.1. The number of hydrogen-bond acceptors (Lipinski definition) is 2. The van der Waals surface area contributed by atoms with Gasteiger partial charge in [0, 0.05) is 61.6 Å². The second-order valence-electron chi connectivity index (χ2n) is 12.4. The Morgan fingerprint density at radius 1 is 0.465 bits per heavy atom. The molecule has 0 radical (unpaired) electrons. The van der Waals surface area contributed by atoms with Crippen LogP contribution in [0.5, 0.6) is 0 Å². The van der Waals surface area contributed by atoms with E-state index in [0.717, 1.165) is 25.9 Å². The standard InChI is InChI=1S/C37H62Br2N4/c1-3-5-7-9-11-13-15-20-28-40-34-24-30-42(31-25-34)36(38)22-18-17-19-23-37(39)43-32-26-35(27-33-43)41-29-21-16-14-12-10-8-6-4-2/h24-27,30-33,36-37H,3-23,28-29H2,1-2H3/p+2. The van der Waals surface area contributed by atoms with Crippen LogP contribution in [0.3, 0.4) is 0 Å². The van der Waals surface area contributed by atoms with Crippen LogP contribution in [0.2, 0.25) is 0 Å². The molecule has 2 N–H and O–H groups in total. The van der Waals surface area contributed by atoms with Crippen LogP contribution in [0, 0.1) is 0 Å². The highest BCUT2D eigenvalue weighted by atomic mass is 79.9. The van der Waals surface area contributed by atoms with Gasteiger partial charge >= 0.3 is 0 Å². The number of anilines is 2. The molecule has 0 saturated carbocycles. The lowest BCUT2D eigenvalue weighted by Crippen LogP contribution is -2.35. The molecule has 2 aromatic heterocycles. The molecule has 0 saturated heterocycles. The summed E-state index contributed by atoms with van der Waals surface area (Å²) < 4.78 is 4.57. The number of alkyl halides is 2. The molecule has 0 amide bonds. The summed E-state index contributed by atoms with van der Waals surface area (Å²) in [5.74, 6) is 0. The Morgan fingerprint density at radius 3 is 1.12 bits per heavy atom. The van der Waals surface area contributed by atoms with Crippen LogP contribution in [-0.4, -0.2) is 13.1 Å². The Balaban J connectivity index is 1.50. The van der Waals surface area contributed by atoms with E-state index in [9.17, 15) is 0 Å². The van der Waals surface area contributed by atoms with E-state index in [1.165, 1.54) is 133 Å². The number of halogens is 2. The van der Waals surface area contributed by atoms with Gasteiger partial charge in [0.15, 0.2) is 24.8 Å². The quantitative estimate of drug-likeness (QED) is 0.0520. The lowest BCUT2D eigenvalue weighted by atomic mass is 10.1. The Morgan fingerprint density at radius 2 is 0.767 bits per heavy atom. The average Bonchev–Trinajstić information content (AvgIpc) is 3.03. The van der Waals surface area contributed by atoms with Gasteiger partial charge in [-0.05, 0) is 57.5 Å². The van der Waals surface area contributed by atoms with Crippen molar-refractivity contribution >= 4 is 43.2 Å². The Bertz CT molecular complexity index is 817. The molecular weight excluding hydrogens is 660 g/mol. The minimum Gasteiger partial charge on any atom is -0.385 e. The average molecular weight is 725 g/mol. The highest BCUT2D eigenvalue weighted by Crippen LogP contribution is 2.21. The van der Waals surface area contributed by atoms with Crippen molar-refractivity contribution in [3.63, 3.8) is 0 Å². The van der Waals surface area contributed by atoms with Crippen molar-refractivity contribution in [1.82, 2.24) is 0 Å². The van der Waals surface area contributed by atoms with Gasteiger partial charge in [0.05, 0.1) is 0 Å². The maximum absolute atomic E-state index is 3.90. The number of nitrogens with zero attached hydrogens (tertiary/aromatic N) is 2. The second kappa shape index (κ2) is 26.1. The minimum atomic E-state index is 0.356. The summed E-state index contributed by atoms with van der Waals surface area (Å²) in [6, 6.07) is 8.84. The molecule has 2 aromatic rings. The fraction of sp³-hybridized carbons (Fsp3) is 0.730. The van der Waals surface area contributed by atoms with E-state index in [4.69, 9.17) is 0 Å². The molecule has 2 unspecified atom stereocenters. The molecule has 0 aliphatic rings. The predicted molar refractivity (Wildman–Crippen MR) is 194 cm³/mol. The zero-order valence-electron chi connectivity index (χ0n) is 27.7. The lowest BCUT2D eigenvalue weighted by Gasteiger charge is -2.09. The van der Waals surface area contributed by atoms with Crippen LogP contribution in [0.25, 0.3) is 0 Å². The molecule has 2 heterocycles. The summed E-state index contributed by atoms with van der Waals surface area (Å²) in [7, 11) is 0. The molecule has 2 atom stereocenters. The van der Waals surface area contributed by atoms with E-state index in [0.29, 0.717) is 9.90 Å². The van der Waals surface area contributed by atoms with Gasteiger partial charge in [-0.15, -0.1) is 0 Å². The summed E-state index contributed by atoms with van der Waals surface area (Å²) in [6.45, 7) is 6.72. The molecule has 43 heavy (non-hydrogen) atoms. The smallest absolute Gasteiger partial charge is 0.211 e. The number of aromatic nitrogens is 2. The summed E-state index contributed by atoms with van der Waals surface area (Å²) in [4.78, 5) is 0.712. The first-order valence-electron chi connectivity index (χ1n) is 17.9. The second-order valence-corrected chi connectivity index (χ2v) is 14.5. The Hall–Kier alpha value is -1.14. The van der Waals surface area contributed by atoms with Crippen molar-refractivity contribution in [2.45, 2.75) is 159 Å². The third-order valence-corrected chi connectivity index (χ3v) is 10.3. The molecule has 0 aliphatic heterocycles. The predicted octanol–water partition coefficient (Wildman–Crippen LogP) is 11.8. The topological polar surface area (TPSA) is 31.8 Å². The van der Waals surface area contributed by atoms with E-state index in [1.807, 2.05) is 0 Å². The zero-order valence-corrected chi connectivity index (χ0v) is 30.9. The van der Waals surface area contributed by atoms with E-state index in [2.05, 4.69) is 115 Å². The molecule has 244 valence electrons. The molecule has 2 rings (SSSR count). The lowest BCUT2D eigenvalue weighted by molar-refractivity contribution is -0.698. The number of pyridine rings is 2. The van der Waals surface area contributed by atoms with Gasteiger partial charge < -0.3 is 10.6 Å². The molecule has 6 heteroatoms. The summed E-state index contributed by atoms with van der Waals surface area (Å²) in [5, 5.41) is 7.18. The summed E-state index contributed by atoms with van der Waals surface area (Å²) in [6.07, 6.45) is 36.7. The highest BCUT2D eigenvalue weighted by molar-refractivity contribution is 9.09. The van der Waals surface area contributed by atoms with Crippen molar-refractivity contribution < 1.29 is 9.13 Å². The van der Waals surface area contributed by atoms with Crippen LogP contribution in [0.1, 0.15) is 159 Å². The van der Waals surface area contributed by atoms with E-state index in [-0.39, 0.29) is 0 Å². The first kappa shape index (κ1) is 38.0. The highest BCUT2D eigenvalue weighted by Gasteiger charge is 2.16. The van der Waals surface area contributed by atoms with Crippen molar-refractivity contribution in [2.75, 3.05) is 23.7 Å². The van der Waals surface area contributed by atoms with Crippen molar-refractivity contribution in [2.24, 2.45) is 0 Å². The molecular formula is C37H64Br2N4+2. The molecule has 0 fully saturated rings. The van der Waals surface area contributed by atoms with Crippen molar-refractivity contribution in [3.05, 3.63) is 49.1 Å². The van der Waals surface area contributed by atoms with Crippen LogP contribution in [0.4, 0.5) is 11.4 Å². The van der Waals surface area contributed by atoms with Crippen LogP contribution >= 0.6 is 31.9 Å². The molecule has 0 aliphatic carbocycles. The van der Waals surface area contributed by atoms with Gasteiger partial charge in [0.25, 0.3) is 0 Å². The molecule has 4 nitrogen and oxygen atoms in total. The van der Waals surface area contributed by atoms with Gasteiger partial charge in [0.1, 0.15) is 0 Å². The molecule has 0 spiro atoms. The van der Waals surface area contributed by atoms with Gasteiger partial charge in [-0.1, -0.05) is 110 Å². The normalized spacial score (nSPS) is 12.7. The maximum Gasteiger partial charge on any atom is 0.211 e.